The maximum Gasteiger partial charge on any atom is 0.233 e. The summed E-state index contributed by atoms with van der Waals surface area (Å²) in [5.41, 5.74) is 2.05. The Bertz CT molecular complexity index is 602. The highest BCUT2D eigenvalue weighted by Gasteiger charge is 2.05. The highest BCUT2D eigenvalue weighted by molar-refractivity contribution is 5.77. The van der Waals surface area contributed by atoms with Crippen LogP contribution >= 0.6 is 0 Å². The van der Waals surface area contributed by atoms with Crippen LogP contribution in [0, 0.1) is 0 Å². The Balaban J connectivity index is 1.84. The molecule has 1 aromatic carbocycles. The van der Waals surface area contributed by atoms with Crippen LogP contribution < -0.4 is 15.4 Å². The van der Waals surface area contributed by atoms with Crippen molar-refractivity contribution < 1.29 is 9.53 Å². The Kier molecular flexibility index (Phi) is 7.07. The minimum absolute atomic E-state index is 0.0145. The van der Waals surface area contributed by atoms with Gasteiger partial charge in [0.05, 0.1) is 6.54 Å². The number of nitrogens with one attached hydrogen (secondary N) is 2. The average molecular weight is 313 g/mol. The summed E-state index contributed by atoms with van der Waals surface area (Å²) < 4.78 is 5.87. The van der Waals surface area contributed by atoms with E-state index in [2.05, 4.69) is 15.6 Å². The third-order valence-corrected chi connectivity index (χ3v) is 3.26. The number of ether oxygens (including phenoxy) is 1. The molecule has 0 fully saturated rings. The number of benzene rings is 1. The lowest BCUT2D eigenvalue weighted by Crippen LogP contribution is -2.34. The number of carbonyl (C=O) groups excluding carboxylic acids is 1. The number of para-hydroxylation sites is 1. The predicted octanol–water partition coefficient (Wildman–Crippen LogP) is 2.28. The molecule has 1 amide bonds. The van der Waals surface area contributed by atoms with Crippen molar-refractivity contribution in [2.24, 2.45) is 0 Å². The first-order valence-corrected chi connectivity index (χ1v) is 7.86. The van der Waals surface area contributed by atoms with Crippen molar-refractivity contribution in [3.05, 3.63) is 59.9 Å². The summed E-state index contributed by atoms with van der Waals surface area (Å²) >= 11 is 0. The SMILES string of the molecule is CCCNC(=O)CNCc1ccccc1OCc1cccnc1. The molecule has 2 aromatic rings. The topological polar surface area (TPSA) is 63.2 Å². The van der Waals surface area contributed by atoms with Gasteiger partial charge in [-0.2, -0.15) is 0 Å². The maximum atomic E-state index is 11.6. The van der Waals surface area contributed by atoms with Gasteiger partial charge in [0.15, 0.2) is 0 Å². The van der Waals surface area contributed by atoms with E-state index >= 15 is 0 Å². The number of amides is 1. The standard InChI is InChI=1S/C18H23N3O2/c1-2-9-21-18(22)13-20-12-16-7-3-4-8-17(16)23-14-15-6-5-10-19-11-15/h3-8,10-11,20H,2,9,12-14H2,1H3,(H,21,22). The third kappa shape index (κ3) is 6.08. The van der Waals surface area contributed by atoms with Gasteiger partial charge in [-0.25, -0.2) is 0 Å². The molecule has 2 rings (SSSR count). The van der Waals surface area contributed by atoms with E-state index in [1.807, 2.05) is 43.3 Å². The molecular weight excluding hydrogens is 290 g/mol. The number of rotatable bonds is 9. The van der Waals surface area contributed by atoms with Gasteiger partial charge in [-0.3, -0.25) is 9.78 Å². The lowest BCUT2D eigenvalue weighted by atomic mass is 10.2. The van der Waals surface area contributed by atoms with Gasteiger partial charge in [-0.1, -0.05) is 31.2 Å². The normalized spacial score (nSPS) is 10.3. The van der Waals surface area contributed by atoms with Crippen molar-refractivity contribution in [3.63, 3.8) is 0 Å². The van der Waals surface area contributed by atoms with E-state index < -0.39 is 0 Å². The first kappa shape index (κ1) is 17.0. The summed E-state index contributed by atoms with van der Waals surface area (Å²) in [5, 5.41) is 5.98. The van der Waals surface area contributed by atoms with Crippen molar-refractivity contribution >= 4 is 5.91 Å². The molecule has 0 aliphatic carbocycles. The first-order valence-electron chi connectivity index (χ1n) is 7.86. The van der Waals surface area contributed by atoms with Crippen LogP contribution in [0.15, 0.2) is 48.8 Å². The Hall–Kier alpha value is -2.40. The lowest BCUT2D eigenvalue weighted by Gasteiger charge is -2.12. The molecule has 0 aliphatic heterocycles. The Morgan fingerprint density at radius 2 is 2.09 bits per heavy atom. The molecule has 0 aliphatic rings. The highest BCUT2D eigenvalue weighted by Crippen LogP contribution is 2.19. The number of hydrogen-bond donors (Lipinski definition) is 2. The fourth-order valence-electron chi connectivity index (χ4n) is 2.07. The minimum atomic E-state index is 0.0145. The van der Waals surface area contributed by atoms with Crippen LogP contribution in [0.3, 0.4) is 0 Å². The molecule has 5 heteroatoms. The molecule has 0 atom stereocenters. The molecular formula is C18H23N3O2. The molecule has 0 unspecified atom stereocenters. The van der Waals surface area contributed by atoms with Crippen LogP contribution in [0.25, 0.3) is 0 Å². The molecule has 0 saturated carbocycles. The highest BCUT2D eigenvalue weighted by atomic mass is 16.5. The van der Waals surface area contributed by atoms with Crippen LogP contribution in [0.1, 0.15) is 24.5 Å². The van der Waals surface area contributed by atoms with Crippen LogP contribution in [-0.2, 0) is 17.9 Å². The molecule has 122 valence electrons. The van der Waals surface area contributed by atoms with E-state index in [9.17, 15) is 4.79 Å². The minimum Gasteiger partial charge on any atom is -0.489 e. The lowest BCUT2D eigenvalue weighted by molar-refractivity contribution is -0.120. The zero-order valence-corrected chi connectivity index (χ0v) is 13.4. The average Bonchev–Trinajstić information content (AvgIpc) is 2.60. The first-order chi connectivity index (χ1) is 11.3. The number of nitrogens with zero attached hydrogens (tertiary/aromatic N) is 1. The number of pyridine rings is 1. The maximum absolute atomic E-state index is 11.6. The fraction of sp³-hybridized carbons (Fsp3) is 0.333. The fourth-order valence-corrected chi connectivity index (χ4v) is 2.07. The summed E-state index contributed by atoms with van der Waals surface area (Å²) in [6, 6.07) is 11.7. The monoisotopic (exact) mass is 313 g/mol. The van der Waals surface area contributed by atoms with Crippen LogP contribution in [0.4, 0.5) is 0 Å². The quantitative estimate of drug-likeness (QED) is 0.745. The molecule has 1 aromatic heterocycles. The van der Waals surface area contributed by atoms with Gasteiger partial charge in [-0.15, -0.1) is 0 Å². The van der Waals surface area contributed by atoms with Crippen LogP contribution in [-0.4, -0.2) is 24.0 Å². The second-order valence-corrected chi connectivity index (χ2v) is 5.21. The molecule has 23 heavy (non-hydrogen) atoms. The van der Waals surface area contributed by atoms with Crippen molar-refractivity contribution in [3.8, 4) is 5.75 Å². The summed E-state index contributed by atoms with van der Waals surface area (Å²) in [6.07, 6.45) is 4.47. The van der Waals surface area contributed by atoms with Crippen molar-refractivity contribution in [1.29, 1.82) is 0 Å². The zero-order chi connectivity index (χ0) is 16.3. The van der Waals surface area contributed by atoms with E-state index in [1.165, 1.54) is 0 Å². The van der Waals surface area contributed by atoms with Gasteiger partial charge < -0.3 is 15.4 Å². The number of hydrogen-bond acceptors (Lipinski definition) is 4. The largest absolute Gasteiger partial charge is 0.489 e. The van der Waals surface area contributed by atoms with Gasteiger partial charge in [0.2, 0.25) is 5.91 Å². The predicted molar refractivity (Wildman–Crippen MR) is 90.0 cm³/mol. The molecule has 2 N–H and O–H groups in total. The second kappa shape index (κ2) is 9.58. The van der Waals surface area contributed by atoms with E-state index in [1.54, 1.807) is 12.4 Å². The second-order valence-electron chi connectivity index (χ2n) is 5.21. The molecule has 0 spiro atoms. The van der Waals surface area contributed by atoms with E-state index in [4.69, 9.17) is 4.74 Å². The van der Waals surface area contributed by atoms with Gasteiger partial charge in [-0.05, 0) is 18.6 Å². The van der Waals surface area contributed by atoms with Gasteiger partial charge >= 0.3 is 0 Å². The summed E-state index contributed by atoms with van der Waals surface area (Å²) in [4.78, 5) is 15.7. The van der Waals surface area contributed by atoms with Gasteiger partial charge in [0, 0.05) is 36.6 Å². The molecule has 5 nitrogen and oxygen atoms in total. The summed E-state index contributed by atoms with van der Waals surface area (Å²) in [6.45, 7) is 4.11. The van der Waals surface area contributed by atoms with Gasteiger partial charge in [0.1, 0.15) is 12.4 Å². The van der Waals surface area contributed by atoms with Gasteiger partial charge in [0.25, 0.3) is 0 Å². The van der Waals surface area contributed by atoms with Crippen molar-refractivity contribution in [2.75, 3.05) is 13.1 Å². The Labute approximate surface area is 137 Å². The molecule has 0 saturated heterocycles. The smallest absolute Gasteiger partial charge is 0.233 e. The van der Waals surface area contributed by atoms with E-state index in [-0.39, 0.29) is 5.91 Å². The Morgan fingerprint density at radius 3 is 2.87 bits per heavy atom. The van der Waals surface area contributed by atoms with Crippen LogP contribution in [0.5, 0.6) is 5.75 Å². The van der Waals surface area contributed by atoms with E-state index in [0.717, 1.165) is 23.3 Å². The number of carbonyl (C=O) groups is 1. The zero-order valence-electron chi connectivity index (χ0n) is 13.4. The number of aromatic nitrogens is 1. The molecule has 0 bridgehead atoms. The molecule has 0 radical (unpaired) electrons. The third-order valence-electron chi connectivity index (χ3n) is 3.26. The van der Waals surface area contributed by atoms with E-state index in [0.29, 0.717) is 26.2 Å². The summed E-state index contributed by atoms with van der Waals surface area (Å²) in [7, 11) is 0. The van der Waals surface area contributed by atoms with Crippen molar-refractivity contribution in [2.45, 2.75) is 26.5 Å². The van der Waals surface area contributed by atoms with Crippen LogP contribution in [0.2, 0.25) is 0 Å². The summed E-state index contributed by atoms with van der Waals surface area (Å²) in [5.74, 6) is 0.832. The molecule has 1 heterocycles. The van der Waals surface area contributed by atoms with Crippen molar-refractivity contribution in [1.82, 2.24) is 15.6 Å². The Morgan fingerprint density at radius 1 is 1.22 bits per heavy atom.